The number of carbonyl (C=O) groups is 2. The molecule has 0 atom stereocenters. The van der Waals surface area contributed by atoms with Crippen molar-refractivity contribution in [2.24, 2.45) is 0 Å². The van der Waals surface area contributed by atoms with E-state index >= 15 is 0 Å². The van der Waals surface area contributed by atoms with Gasteiger partial charge in [-0.05, 0) is 49.6 Å². The number of benzene rings is 2. The minimum atomic E-state index is -0.523. The van der Waals surface area contributed by atoms with Crippen LogP contribution in [0.3, 0.4) is 0 Å². The van der Waals surface area contributed by atoms with Gasteiger partial charge in [-0.3, -0.25) is 18.7 Å². The minimum absolute atomic E-state index is 0.0107. The molecule has 0 aliphatic rings. The molecule has 1 N–H and O–H groups in total. The number of hydrogen-bond donors (Lipinski definition) is 1. The Morgan fingerprint density at radius 3 is 2.30 bits per heavy atom. The highest BCUT2D eigenvalue weighted by Gasteiger charge is 2.15. The van der Waals surface area contributed by atoms with Gasteiger partial charge < -0.3 is 10.1 Å². The van der Waals surface area contributed by atoms with Crippen LogP contribution in [0.15, 0.2) is 47.3 Å². The Morgan fingerprint density at radius 1 is 0.967 bits per heavy atom. The average Bonchev–Trinajstić information content (AvgIpc) is 3.00. The van der Waals surface area contributed by atoms with Crippen molar-refractivity contribution in [1.82, 2.24) is 9.13 Å². The van der Waals surface area contributed by atoms with Gasteiger partial charge in [-0.2, -0.15) is 0 Å². The fraction of sp³-hybridized carbons (Fsp3) is 0.348. The number of nitrogens with one attached hydrogen (secondary N) is 1. The number of para-hydroxylation sites is 2. The number of anilines is 1. The standard InChI is InChI=1S/C23H27N3O4/c1-4-13-25-19-10-5-6-11-20(19)26(23(25)29)14-12-22(28)30-15-21(27)24-18-9-7-8-16(2)17(18)3/h5-11H,4,12-15H2,1-3H3,(H,24,27). The molecule has 0 aliphatic heterocycles. The molecule has 0 spiro atoms. The third-order valence-corrected chi connectivity index (χ3v) is 5.15. The van der Waals surface area contributed by atoms with E-state index in [1.54, 1.807) is 15.2 Å². The Bertz CT molecular complexity index is 1130. The van der Waals surface area contributed by atoms with Crippen LogP contribution in [0.2, 0.25) is 0 Å². The molecule has 0 radical (unpaired) electrons. The lowest BCUT2D eigenvalue weighted by molar-refractivity contribution is -0.147. The van der Waals surface area contributed by atoms with Crippen LogP contribution in [0.25, 0.3) is 11.0 Å². The van der Waals surface area contributed by atoms with Crippen molar-refractivity contribution in [2.45, 2.75) is 46.7 Å². The van der Waals surface area contributed by atoms with Crippen molar-refractivity contribution in [3.63, 3.8) is 0 Å². The number of amides is 1. The van der Waals surface area contributed by atoms with E-state index in [1.807, 2.05) is 57.2 Å². The summed E-state index contributed by atoms with van der Waals surface area (Å²) in [6, 6.07) is 13.2. The lowest BCUT2D eigenvalue weighted by atomic mass is 10.1. The topological polar surface area (TPSA) is 82.3 Å². The maximum Gasteiger partial charge on any atom is 0.329 e. The molecule has 0 fully saturated rings. The van der Waals surface area contributed by atoms with Gasteiger partial charge >= 0.3 is 11.7 Å². The Kier molecular flexibility index (Phi) is 6.72. The van der Waals surface area contributed by atoms with Crippen LogP contribution in [0.1, 0.15) is 30.9 Å². The second kappa shape index (κ2) is 9.43. The number of rotatable bonds is 8. The Labute approximate surface area is 175 Å². The average molecular weight is 409 g/mol. The summed E-state index contributed by atoms with van der Waals surface area (Å²) in [6.07, 6.45) is 0.849. The van der Waals surface area contributed by atoms with Crippen LogP contribution < -0.4 is 11.0 Å². The van der Waals surface area contributed by atoms with Gasteiger partial charge in [0.2, 0.25) is 0 Å². The molecular weight excluding hydrogens is 382 g/mol. The number of aryl methyl sites for hydroxylation is 3. The number of carbonyl (C=O) groups excluding carboxylic acids is 2. The van der Waals surface area contributed by atoms with Gasteiger partial charge in [-0.25, -0.2) is 4.79 Å². The van der Waals surface area contributed by atoms with Gasteiger partial charge in [0.05, 0.1) is 17.5 Å². The van der Waals surface area contributed by atoms with E-state index in [9.17, 15) is 14.4 Å². The maximum atomic E-state index is 12.7. The van der Waals surface area contributed by atoms with E-state index < -0.39 is 11.9 Å². The highest BCUT2D eigenvalue weighted by molar-refractivity contribution is 5.93. The second-order valence-corrected chi connectivity index (χ2v) is 7.28. The predicted molar refractivity (Wildman–Crippen MR) is 117 cm³/mol. The summed E-state index contributed by atoms with van der Waals surface area (Å²) >= 11 is 0. The monoisotopic (exact) mass is 409 g/mol. The molecule has 3 rings (SSSR count). The molecule has 1 amide bonds. The molecule has 1 aromatic heterocycles. The summed E-state index contributed by atoms with van der Waals surface area (Å²) in [7, 11) is 0. The lowest BCUT2D eigenvalue weighted by Crippen LogP contribution is -2.26. The number of hydrogen-bond acceptors (Lipinski definition) is 4. The van der Waals surface area contributed by atoms with Gasteiger partial charge in [-0.15, -0.1) is 0 Å². The summed E-state index contributed by atoms with van der Waals surface area (Å²) in [6.45, 7) is 6.36. The third-order valence-electron chi connectivity index (χ3n) is 5.15. The van der Waals surface area contributed by atoms with E-state index in [2.05, 4.69) is 5.32 Å². The summed E-state index contributed by atoms with van der Waals surface area (Å²) in [5.41, 5.74) is 4.24. The second-order valence-electron chi connectivity index (χ2n) is 7.28. The molecule has 2 aromatic carbocycles. The normalized spacial score (nSPS) is 10.9. The van der Waals surface area contributed by atoms with Crippen LogP contribution in [-0.2, 0) is 27.4 Å². The summed E-state index contributed by atoms with van der Waals surface area (Å²) in [5, 5.41) is 2.76. The zero-order valence-corrected chi connectivity index (χ0v) is 17.6. The quantitative estimate of drug-likeness (QED) is 0.578. The van der Waals surface area contributed by atoms with Crippen molar-refractivity contribution in [2.75, 3.05) is 11.9 Å². The van der Waals surface area contributed by atoms with Crippen LogP contribution in [0, 0.1) is 13.8 Å². The third kappa shape index (κ3) is 4.62. The molecule has 7 nitrogen and oxygen atoms in total. The van der Waals surface area contributed by atoms with Crippen LogP contribution in [0.4, 0.5) is 5.69 Å². The molecule has 0 saturated heterocycles. The number of fused-ring (bicyclic) bond motifs is 1. The first-order valence-corrected chi connectivity index (χ1v) is 10.1. The van der Waals surface area contributed by atoms with Crippen LogP contribution in [-0.4, -0.2) is 27.6 Å². The summed E-state index contributed by atoms with van der Waals surface area (Å²) in [4.78, 5) is 37.0. The number of ether oxygens (including phenoxy) is 1. The van der Waals surface area contributed by atoms with Gasteiger partial charge in [0.15, 0.2) is 6.61 Å². The minimum Gasteiger partial charge on any atom is -0.456 e. The number of aromatic nitrogens is 2. The molecular formula is C23H27N3O4. The molecule has 0 bridgehead atoms. The predicted octanol–water partition coefficient (Wildman–Crippen LogP) is 3.40. The van der Waals surface area contributed by atoms with E-state index in [4.69, 9.17) is 4.74 Å². The van der Waals surface area contributed by atoms with Crippen molar-refractivity contribution in [1.29, 1.82) is 0 Å². The van der Waals surface area contributed by atoms with Crippen molar-refractivity contribution >= 4 is 28.6 Å². The van der Waals surface area contributed by atoms with Crippen LogP contribution in [0.5, 0.6) is 0 Å². The first kappa shape index (κ1) is 21.4. The van der Waals surface area contributed by atoms with E-state index in [-0.39, 0.29) is 25.3 Å². The van der Waals surface area contributed by atoms with E-state index in [1.165, 1.54) is 0 Å². The molecule has 1 heterocycles. The Balaban J connectivity index is 1.59. The van der Waals surface area contributed by atoms with E-state index in [0.29, 0.717) is 12.2 Å². The maximum absolute atomic E-state index is 12.7. The first-order chi connectivity index (χ1) is 14.4. The molecule has 7 heteroatoms. The molecule has 0 aliphatic carbocycles. The number of imidazole rings is 1. The van der Waals surface area contributed by atoms with Gasteiger partial charge in [-0.1, -0.05) is 31.2 Å². The smallest absolute Gasteiger partial charge is 0.329 e. The van der Waals surface area contributed by atoms with Gasteiger partial charge in [0.1, 0.15) is 0 Å². The number of nitrogens with zero attached hydrogens (tertiary/aromatic N) is 2. The van der Waals surface area contributed by atoms with Crippen molar-refractivity contribution in [3.05, 3.63) is 64.1 Å². The summed E-state index contributed by atoms with van der Waals surface area (Å²) in [5.74, 6) is -0.917. The molecule has 158 valence electrons. The van der Waals surface area contributed by atoms with Gasteiger partial charge in [0, 0.05) is 18.8 Å². The van der Waals surface area contributed by atoms with Gasteiger partial charge in [0.25, 0.3) is 5.91 Å². The molecule has 3 aromatic rings. The van der Waals surface area contributed by atoms with Crippen molar-refractivity contribution in [3.8, 4) is 0 Å². The highest BCUT2D eigenvalue weighted by Crippen LogP contribution is 2.18. The Hall–Kier alpha value is -3.35. The lowest BCUT2D eigenvalue weighted by Gasteiger charge is -2.10. The first-order valence-electron chi connectivity index (χ1n) is 10.1. The van der Waals surface area contributed by atoms with E-state index in [0.717, 1.165) is 28.6 Å². The molecule has 0 saturated carbocycles. The zero-order valence-electron chi connectivity index (χ0n) is 17.6. The molecule has 30 heavy (non-hydrogen) atoms. The highest BCUT2D eigenvalue weighted by atomic mass is 16.5. The number of esters is 1. The zero-order chi connectivity index (χ0) is 21.7. The molecule has 0 unspecified atom stereocenters. The fourth-order valence-electron chi connectivity index (χ4n) is 3.42. The Morgan fingerprint density at radius 2 is 1.63 bits per heavy atom. The largest absolute Gasteiger partial charge is 0.456 e. The van der Waals surface area contributed by atoms with Crippen LogP contribution >= 0.6 is 0 Å². The van der Waals surface area contributed by atoms with Crippen molar-refractivity contribution < 1.29 is 14.3 Å². The summed E-state index contributed by atoms with van der Waals surface area (Å²) < 4.78 is 8.41. The SMILES string of the molecule is CCCn1c(=O)n(CCC(=O)OCC(=O)Nc2cccc(C)c2C)c2ccccc21. The fourth-order valence-corrected chi connectivity index (χ4v) is 3.42.